The van der Waals surface area contributed by atoms with E-state index in [2.05, 4.69) is 10.7 Å². The van der Waals surface area contributed by atoms with Gasteiger partial charge in [-0.25, -0.2) is 0 Å². The molecule has 0 bridgehead atoms. The van der Waals surface area contributed by atoms with Crippen molar-refractivity contribution >= 4 is 18.0 Å². The number of hydrazone groups is 1. The van der Waals surface area contributed by atoms with Gasteiger partial charge in [0, 0.05) is 16.7 Å². The van der Waals surface area contributed by atoms with E-state index in [1.807, 2.05) is 92.9 Å². The summed E-state index contributed by atoms with van der Waals surface area (Å²) >= 11 is 0. The minimum atomic E-state index is -0.722. The van der Waals surface area contributed by atoms with Crippen LogP contribution in [0.4, 0.5) is 0 Å². The van der Waals surface area contributed by atoms with E-state index in [1.54, 1.807) is 10.8 Å². The highest BCUT2D eigenvalue weighted by molar-refractivity contribution is 5.98. The van der Waals surface area contributed by atoms with Gasteiger partial charge in [-0.3, -0.25) is 9.59 Å². The average Bonchev–Trinajstić information content (AvgIpc) is 3.04. The first-order chi connectivity index (χ1) is 14.5. The summed E-state index contributed by atoms with van der Waals surface area (Å²) in [5.74, 6) is -0.508. The molecule has 0 spiro atoms. The molecule has 3 aromatic rings. The van der Waals surface area contributed by atoms with Crippen LogP contribution in [-0.4, -0.2) is 28.8 Å². The SMILES string of the molecule is Cc1ccc([C@H]2[C@@H](NC(=O)c3cccc(C)c3)C(=O)N/[N+]2=C\c2ccccc2)cc1. The summed E-state index contributed by atoms with van der Waals surface area (Å²) in [6, 6.07) is 24.1. The lowest BCUT2D eigenvalue weighted by atomic mass is 9.98. The van der Waals surface area contributed by atoms with Gasteiger partial charge in [-0.1, -0.05) is 65.7 Å². The van der Waals surface area contributed by atoms with E-state index in [9.17, 15) is 9.59 Å². The summed E-state index contributed by atoms with van der Waals surface area (Å²) in [4.78, 5) is 25.7. The first-order valence-corrected chi connectivity index (χ1v) is 9.94. The van der Waals surface area contributed by atoms with Crippen molar-refractivity contribution in [2.24, 2.45) is 0 Å². The summed E-state index contributed by atoms with van der Waals surface area (Å²) in [6.07, 6.45) is 1.89. The molecule has 1 saturated heterocycles. The van der Waals surface area contributed by atoms with Gasteiger partial charge >= 0.3 is 5.91 Å². The molecular weight excluding hydrogens is 374 g/mol. The predicted molar refractivity (Wildman–Crippen MR) is 116 cm³/mol. The molecule has 0 aliphatic carbocycles. The van der Waals surface area contributed by atoms with Crippen LogP contribution in [0.25, 0.3) is 0 Å². The Hall–Kier alpha value is -3.73. The first kappa shape index (κ1) is 19.6. The van der Waals surface area contributed by atoms with E-state index in [1.165, 1.54) is 0 Å². The molecule has 2 amide bonds. The molecular formula is C25H24N3O2+. The van der Waals surface area contributed by atoms with Crippen molar-refractivity contribution in [3.8, 4) is 0 Å². The number of rotatable bonds is 4. The van der Waals surface area contributed by atoms with Gasteiger partial charge < -0.3 is 5.32 Å². The quantitative estimate of drug-likeness (QED) is 0.663. The molecule has 0 aromatic heterocycles. The maximum absolute atomic E-state index is 12.9. The van der Waals surface area contributed by atoms with Gasteiger partial charge in [-0.2, -0.15) is 0 Å². The van der Waals surface area contributed by atoms with Crippen LogP contribution in [-0.2, 0) is 4.79 Å². The zero-order valence-electron chi connectivity index (χ0n) is 17.0. The highest BCUT2D eigenvalue weighted by atomic mass is 16.2. The van der Waals surface area contributed by atoms with Crippen LogP contribution in [0.15, 0.2) is 78.9 Å². The van der Waals surface area contributed by atoms with E-state index in [-0.39, 0.29) is 17.9 Å². The number of aryl methyl sites for hydroxylation is 2. The second-order valence-corrected chi connectivity index (χ2v) is 7.60. The molecule has 5 nitrogen and oxygen atoms in total. The molecule has 0 radical (unpaired) electrons. The van der Waals surface area contributed by atoms with Crippen molar-refractivity contribution in [1.29, 1.82) is 0 Å². The third-order valence-corrected chi connectivity index (χ3v) is 5.21. The van der Waals surface area contributed by atoms with Gasteiger partial charge in [0.15, 0.2) is 6.04 Å². The molecule has 0 unspecified atom stereocenters. The zero-order chi connectivity index (χ0) is 21.1. The van der Waals surface area contributed by atoms with E-state index in [0.717, 1.165) is 22.3 Å². The van der Waals surface area contributed by atoms with Crippen molar-refractivity contribution in [2.45, 2.75) is 25.9 Å². The molecule has 1 aliphatic heterocycles. The number of amides is 2. The Morgan fingerprint density at radius 3 is 2.37 bits per heavy atom. The largest absolute Gasteiger partial charge is 0.334 e. The van der Waals surface area contributed by atoms with E-state index >= 15 is 0 Å². The summed E-state index contributed by atoms with van der Waals surface area (Å²) < 4.78 is 1.78. The molecule has 5 heteroatoms. The van der Waals surface area contributed by atoms with Crippen LogP contribution in [0, 0.1) is 13.8 Å². The lowest BCUT2D eigenvalue weighted by Gasteiger charge is -2.15. The lowest BCUT2D eigenvalue weighted by Crippen LogP contribution is -2.42. The molecule has 150 valence electrons. The maximum atomic E-state index is 12.9. The second-order valence-electron chi connectivity index (χ2n) is 7.60. The fourth-order valence-corrected chi connectivity index (χ4v) is 3.65. The van der Waals surface area contributed by atoms with E-state index < -0.39 is 6.04 Å². The van der Waals surface area contributed by atoms with Crippen LogP contribution in [0.5, 0.6) is 0 Å². The van der Waals surface area contributed by atoms with E-state index in [0.29, 0.717) is 5.56 Å². The number of nitrogens with zero attached hydrogens (tertiary/aromatic N) is 1. The molecule has 3 aromatic carbocycles. The second kappa shape index (κ2) is 8.33. The Bertz CT molecular complexity index is 1100. The van der Waals surface area contributed by atoms with Gasteiger partial charge in [-0.15, -0.1) is 10.1 Å². The summed E-state index contributed by atoms with van der Waals surface area (Å²) in [5.41, 5.74) is 7.48. The van der Waals surface area contributed by atoms with Gasteiger partial charge in [0.2, 0.25) is 12.3 Å². The number of hydrazine groups is 1. The molecule has 4 rings (SSSR count). The molecule has 1 aliphatic rings. The van der Waals surface area contributed by atoms with Crippen LogP contribution in [0.2, 0.25) is 0 Å². The Kier molecular flexibility index (Phi) is 5.44. The molecule has 2 atom stereocenters. The Balaban J connectivity index is 1.70. The highest BCUT2D eigenvalue weighted by Gasteiger charge is 2.47. The number of benzene rings is 3. The minimum absolute atomic E-state index is 0.242. The van der Waals surface area contributed by atoms with Gasteiger partial charge in [0.05, 0.1) is 0 Å². The monoisotopic (exact) mass is 398 g/mol. The third kappa shape index (κ3) is 4.15. The fourth-order valence-electron chi connectivity index (χ4n) is 3.65. The highest BCUT2D eigenvalue weighted by Crippen LogP contribution is 2.26. The van der Waals surface area contributed by atoms with Crippen molar-refractivity contribution < 1.29 is 14.3 Å². The Morgan fingerprint density at radius 1 is 0.933 bits per heavy atom. The first-order valence-electron chi connectivity index (χ1n) is 9.94. The number of hydrogen-bond acceptors (Lipinski definition) is 2. The van der Waals surface area contributed by atoms with E-state index in [4.69, 9.17) is 0 Å². The topological polar surface area (TPSA) is 61.2 Å². The van der Waals surface area contributed by atoms with Crippen molar-refractivity contribution in [3.63, 3.8) is 0 Å². The number of carbonyl (C=O) groups is 2. The smallest absolute Gasteiger partial charge is 0.304 e. The normalized spacial score (nSPS) is 19.5. The Labute approximate surface area is 176 Å². The van der Waals surface area contributed by atoms with Crippen LogP contribution in [0.3, 0.4) is 0 Å². The van der Waals surface area contributed by atoms with Crippen molar-refractivity contribution in [1.82, 2.24) is 10.7 Å². The molecule has 1 heterocycles. The van der Waals surface area contributed by atoms with Crippen LogP contribution >= 0.6 is 0 Å². The summed E-state index contributed by atoms with van der Waals surface area (Å²) in [5, 5.41) is 2.94. The van der Waals surface area contributed by atoms with Gasteiger partial charge in [0.25, 0.3) is 5.91 Å². The standard InChI is InChI=1S/C25H23N3O2/c1-17-11-13-20(14-12-17)23-22(26-24(29)21-10-6-7-18(2)15-21)25(30)27-28(23)16-19-8-4-3-5-9-19/h3-16,22-23H,1-2H3,(H-,26,27,29,30)/p+1/b28-16-/t22-,23+/m1/s1. The minimum Gasteiger partial charge on any atom is -0.334 e. The fraction of sp³-hybridized carbons (Fsp3) is 0.160. The van der Waals surface area contributed by atoms with Gasteiger partial charge in [0.1, 0.15) is 0 Å². The van der Waals surface area contributed by atoms with Crippen LogP contribution in [0.1, 0.15) is 38.7 Å². The summed E-state index contributed by atoms with van der Waals surface area (Å²) in [7, 11) is 0. The predicted octanol–water partition coefficient (Wildman–Crippen LogP) is 3.32. The molecule has 1 fully saturated rings. The molecule has 2 N–H and O–H groups in total. The zero-order valence-corrected chi connectivity index (χ0v) is 17.0. The molecule has 0 saturated carbocycles. The number of hydrogen-bond donors (Lipinski definition) is 2. The third-order valence-electron chi connectivity index (χ3n) is 5.21. The Morgan fingerprint density at radius 2 is 1.67 bits per heavy atom. The lowest BCUT2D eigenvalue weighted by molar-refractivity contribution is -0.596. The average molecular weight is 398 g/mol. The molecule has 30 heavy (non-hydrogen) atoms. The van der Waals surface area contributed by atoms with Crippen LogP contribution < -0.4 is 10.7 Å². The number of nitrogens with one attached hydrogen (secondary N) is 2. The number of carbonyl (C=O) groups excluding carboxylic acids is 2. The van der Waals surface area contributed by atoms with Crippen molar-refractivity contribution in [2.75, 3.05) is 0 Å². The maximum Gasteiger partial charge on any atom is 0.304 e. The van der Waals surface area contributed by atoms with Crippen molar-refractivity contribution in [3.05, 3.63) is 107 Å². The summed E-state index contributed by atoms with van der Waals surface area (Å²) in [6.45, 7) is 3.96. The van der Waals surface area contributed by atoms with Gasteiger partial charge in [-0.05, 0) is 38.1 Å².